The fourth-order valence-electron chi connectivity index (χ4n) is 3.29. The van der Waals surface area contributed by atoms with Crippen molar-refractivity contribution in [1.82, 2.24) is 4.98 Å². The number of hydrogen-bond acceptors (Lipinski definition) is 1. The summed E-state index contributed by atoms with van der Waals surface area (Å²) in [4.78, 5) is 4.68. The van der Waals surface area contributed by atoms with Crippen LogP contribution in [0.5, 0.6) is 0 Å². The fraction of sp³-hybridized carbons (Fsp3) is 0.158. The van der Waals surface area contributed by atoms with E-state index < -0.39 is 0 Å². The maximum absolute atomic E-state index is 4.68. The van der Waals surface area contributed by atoms with Crippen LogP contribution in [0.25, 0.3) is 22.5 Å². The van der Waals surface area contributed by atoms with Gasteiger partial charge in [0.1, 0.15) is 5.69 Å². The normalized spacial score (nSPS) is 12.1. The summed E-state index contributed by atoms with van der Waals surface area (Å²) in [6.07, 6.45) is 2.90. The number of rotatable bonds is 1. The van der Waals surface area contributed by atoms with Gasteiger partial charge in [-0.25, -0.2) is 4.57 Å². The van der Waals surface area contributed by atoms with Gasteiger partial charge in [-0.15, -0.1) is 0 Å². The minimum Gasteiger partial charge on any atom is -0.232 e. The Kier molecular flexibility index (Phi) is 2.64. The maximum atomic E-state index is 4.68. The van der Waals surface area contributed by atoms with Crippen molar-refractivity contribution in [2.75, 3.05) is 0 Å². The van der Waals surface area contributed by atoms with Gasteiger partial charge in [0, 0.05) is 17.5 Å². The van der Waals surface area contributed by atoms with Gasteiger partial charge in [-0.05, 0) is 23.0 Å². The molecule has 21 heavy (non-hydrogen) atoms. The van der Waals surface area contributed by atoms with Crippen LogP contribution in [0, 0.1) is 6.92 Å². The van der Waals surface area contributed by atoms with Gasteiger partial charge in [0.15, 0.2) is 5.69 Å². The van der Waals surface area contributed by atoms with E-state index in [1.54, 1.807) is 0 Å². The quantitative estimate of drug-likeness (QED) is 0.485. The molecular formula is C19H17N2+. The van der Waals surface area contributed by atoms with Crippen LogP contribution in [0.4, 0.5) is 0 Å². The molecule has 2 aromatic carbocycles. The van der Waals surface area contributed by atoms with Gasteiger partial charge in [0.05, 0.1) is 12.6 Å². The third-order valence-electron chi connectivity index (χ3n) is 4.32. The highest BCUT2D eigenvalue weighted by Crippen LogP contribution is 2.38. The molecule has 0 atom stereocenters. The molecule has 4 rings (SSSR count). The lowest BCUT2D eigenvalue weighted by molar-refractivity contribution is -0.663. The second kappa shape index (κ2) is 4.52. The summed E-state index contributed by atoms with van der Waals surface area (Å²) in [7, 11) is 2.08. The Morgan fingerprint density at radius 1 is 0.952 bits per heavy atom. The Labute approximate surface area is 124 Å². The van der Waals surface area contributed by atoms with Gasteiger partial charge < -0.3 is 0 Å². The lowest BCUT2D eigenvalue weighted by atomic mass is 10.00. The van der Waals surface area contributed by atoms with E-state index in [2.05, 4.69) is 72.1 Å². The van der Waals surface area contributed by atoms with E-state index in [0.717, 1.165) is 12.1 Å². The Morgan fingerprint density at radius 2 is 1.67 bits per heavy atom. The van der Waals surface area contributed by atoms with Crippen LogP contribution in [-0.2, 0) is 13.5 Å². The maximum Gasteiger partial charge on any atom is 0.287 e. The van der Waals surface area contributed by atoms with Crippen molar-refractivity contribution in [3.63, 3.8) is 0 Å². The first-order valence-electron chi connectivity index (χ1n) is 7.27. The molecule has 2 heteroatoms. The number of aromatic nitrogens is 2. The highest BCUT2D eigenvalue weighted by Gasteiger charge is 2.29. The Hall–Kier alpha value is -2.48. The molecule has 1 aliphatic rings. The van der Waals surface area contributed by atoms with Crippen molar-refractivity contribution < 1.29 is 4.57 Å². The number of aryl methyl sites for hydroxylation is 2. The lowest BCUT2D eigenvalue weighted by Gasteiger charge is -2.09. The molecule has 1 heterocycles. The molecule has 0 saturated carbocycles. The van der Waals surface area contributed by atoms with Crippen LogP contribution < -0.4 is 4.57 Å². The zero-order valence-electron chi connectivity index (χ0n) is 12.3. The summed E-state index contributed by atoms with van der Waals surface area (Å²) in [6.45, 7) is 2.17. The molecule has 0 radical (unpaired) electrons. The molecule has 1 aromatic heterocycles. The minimum absolute atomic E-state index is 0.969. The largest absolute Gasteiger partial charge is 0.287 e. The van der Waals surface area contributed by atoms with Crippen molar-refractivity contribution in [3.05, 3.63) is 71.5 Å². The average molecular weight is 273 g/mol. The molecule has 0 amide bonds. The molecule has 0 bridgehead atoms. The van der Waals surface area contributed by atoms with E-state index in [1.807, 2.05) is 6.33 Å². The van der Waals surface area contributed by atoms with Crippen molar-refractivity contribution >= 4 is 0 Å². The van der Waals surface area contributed by atoms with Crippen molar-refractivity contribution in [2.45, 2.75) is 13.3 Å². The van der Waals surface area contributed by atoms with E-state index in [-0.39, 0.29) is 0 Å². The molecule has 0 unspecified atom stereocenters. The third-order valence-corrected chi connectivity index (χ3v) is 4.32. The molecular weight excluding hydrogens is 256 g/mol. The number of fused-ring (bicyclic) bond motifs is 3. The van der Waals surface area contributed by atoms with Crippen LogP contribution in [0.1, 0.15) is 16.7 Å². The highest BCUT2D eigenvalue weighted by atomic mass is 15.0. The van der Waals surface area contributed by atoms with Crippen LogP contribution in [-0.4, -0.2) is 4.98 Å². The first-order valence-corrected chi connectivity index (χ1v) is 7.27. The van der Waals surface area contributed by atoms with Gasteiger partial charge in [0.2, 0.25) is 0 Å². The summed E-state index contributed by atoms with van der Waals surface area (Å²) in [5.41, 5.74) is 9.03. The van der Waals surface area contributed by atoms with Gasteiger partial charge in [-0.3, -0.25) is 0 Å². The average Bonchev–Trinajstić information content (AvgIpc) is 2.87. The molecule has 0 saturated heterocycles. The van der Waals surface area contributed by atoms with Gasteiger partial charge >= 0.3 is 0 Å². The molecule has 0 spiro atoms. The van der Waals surface area contributed by atoms with Crippen molar-refractivity contribution in [1.29, 1.82) is 0 Å². The van der Waals surface area contributed by atoms with Gasteiger partial charge in [-0.2, -0.15) is 0 Å². The zero-order valence-corrected chi connectivity index (χ0v) is 12.3. The smallest absolute Gasteiger partial charge is 0.232 e. The topological polar surface area (TPSA) is 16.8 Å². The lowest BCUT2D eigenvalue weighted by Crippen LogP contribution is -2.33. The molecule has 2 nitrogen and oxygen atoms in total. The second-order valence-electron chi connectivity index (χ2n) is 5.68. The fourth-order valence-corrected chi connectivity index (χ4v) is 3.29. The van der Waals surface area contributed by atoms with Crippen molar-refractivity contribution in [2.24, 2.45) is 7.05 Å². The summed E-state index contributed by atoms with van der Waals surface area (Å²) in [5.74, 6) is 0. The predicted octanol–water partition coefficient (Wildman–Crippen LogP) is 3.45. The molecule has 3 aromatic rings. The number of hydrogen-bond donors (Lipinski definition) is 0. The standard InChI is InChI=1S/C19H17N2/c1-13-7-3-5-9-15(13)19-17-11-14-8-4-6-10-16(14)18(17)20-12-21(19)2/h3-10,12H,11H2,1-2H3/q+1. The summed E-state index contributed by atoms with van der Waals surface area (Å²) >= 11 is 0. The Bertz CT molecular complexity index is 850. The molecule has 0 N–H and O–H groups in total. The minimum atomic E-state index is 0.969. The Morgan fingerprint density at radius 3 is 2.48 bits per heavy atom. The predicted molar refractivity (Wildman–Crippen MR) is 83.8 cm³/mol. The van der Waals surface area contributed by atoms with E-state index in [0.29, 0.717) is 0 Å². The van der Waals surface area contributed by atoms with Crippen LogP contribution in [0.3, 0.4) is 0 Å². The zero-order chi connectivity index (χ0) is 14.4. The van der Waals surface area contributed by atoms with Gasteiger partial charge in [0.25, 0.3) is 6.33 Å². The van der Waals surface area contributed by atoms with Gasteiger partial charge in [-0.1, -0.05) is 48.5 Å². The van der Waals surface area contributed by atoms with Crippen LogP contribution in [0.15, 0.2) is 54.9 Å². The van der Waals surface area contributed by atoms with E-state index in [1.165, 1.54) is 33.5 Å². The van der Waals surface area contributed by atoms with E-state index in [9.17, 15) is 0 Å². The second-order valence-corrected chi connectivity index (χ2v) is 5.68. The van der Waals surface area contributed by atoms with Crippen LogP contribution in [0.2, 0.25) is 0 Å². The van der Waals surface area contributed by atoms with Crippen molar-refractivity contribution in [3.8, 4) is 22.5 Å². The molecule has 0 fully saturated rings. The number of benzene rings is 2. The molecule has 0 aliphatic heterocycles. The first-order chi connectivity index (χ1) is 10.3. The van der Waals surface area contributed by atoms with Crippen LogP contribution >= 0.6 is 0 Å². The third kappa shape index (κ3) is 1.79. The summed E-state index contributed by atoms with van der Waals surface area (Å²) in [5, 5.41) is 0. The molecule has 102 valence electrons. The SMILES string of the molecule is Cc1ccccc1-c1c2c(nc[n+]1C)-c1ccccc1C2. The summed E-state index contributed by atoms with van der Waals surface area (Å²) < 4.78 is 2.15. The van der Waals surface area contributed by atoms with E-state index in [4.69, 9.17) is 0 Å². The Balaban J connectivity index is 2.01. The highest BCUT2D eigenvalue weighted by molar-refractivity contribution is 5.79. The monoisotopic (exact) mass is 273 g/mol. The molecule has 1 aliphatic carbocycles. The number of nitrogens with zero attached hydrogens (tertiary/aromatic N) is 2. The van der Waals surface area contributed by atoms with E-state index >= 15 is 0 Å². The first kappa shape index (κ1) is 12.3. The summed E-state index contributed by atoms with van der Waals surface area (Å²) in [6, 6.07) is 17.2.